The van der Waals surface area contributed by atoms with Crippen molar-refractivity contribution in [2.45, 2.75) is 45.6 Å². The number of aromatic nitrogens is 3. The first-order chi connectivity index (χ1) is 11.1. The number of carbonyl (C=O) groups excluding carboxylic acids is 1. The Morgan fingerprint density at radius 1 is 1.30 bits per heavy atom. The molecule has 0 N–H and O–H groups in total. The lowest BCUT2D eigenvalue weighted by molar-refractivity contribution is -0.132. The number of amides is 1. The van der Waals surface area contributed by atoms with Gasteiger partial charge in [0.15, 0.2) is 0 Å². The molecule has 23 heavy (non-hydrogen) atoms. The standard InChI is InChI=1S/C18H24N4O/c1-13-18(14(2)21(3)20-13)16-5-4-12-22(16)17(23)7-6-15-8-10-19-11-9-15/h8-11,16H,4-7,12H2,1-3H3. The predicted molar refractivity (Wildman–Crippen MR) is 88.9 cm³/mol. The van der Waals surface area contributed by atoms with Gasteiger partial charge in [-0.2, -0.15) is 5.10 Å². The molecule has 5 nitrogen and oxygen atoms in total. The molecule has 2 aromatic rings. The first-order valence-corrected chi connectivity index (χ1v) is 8.26. The number of hydrogen-bond donors (Lipinski definition) is 0. The molecule has 0 aromatic carbocycles. The lowest BCUT2D eigenvalue weighted by Gasteiger charge is -2.25. The SMILES string of the molecule is Cc1nn(C)c(C)c1C1CCCN1C(=O)CCc1ccncc1. The van der Waals surface area contributed by atoms with Crippen LogP contribution in [0.2, 0.25) is 0 Å². The Kier molecular flexibility index (Phi) is 4.46. The second kappa shape index (κ2) is 6.52. The molecule has 1 amide bonds. The zero-order valence-electron chi connectivity index (χ0n) is 14.1. The van der Waals surface area contributed by atoms with Gasteiger partial charge in [-0.15, -0.1) is 0 Å². The van der Waals surface area contributed by atoms with Crippen molar-refractivity contribution in [2.24, 2.45) is 7.05 Å². The Balaban J connectivity index is 1.72. The minimum atomic E-state index is 0.189. The molecule has 1 aliphatic rings. The minimum absolute atomic E-state index is 0.189. The molecule has 3 heterocycles. The van der Waals surface area contributed by atoms with E-state index in [9.17, 15) is 4.79 Å². The van der Waals surface area contributed by atoms with Crippen LogP contribution in [-0.2, 0) is 18.3 Å². The molecule has 0 aliphatic carbocycles. The number of pyridine rings is 1. The van der Waals surface area contributed by atoms with E-state index >= 15 is 0 Å². The lowest BCUT2D eigenvalue weighted by atomic mass is 10.0. The van der Waals surface area contributed by atoms with Crippen LogP contribution in [-0.4, -0.2) is 32.1 Å². The predicted octanol–water partition coefficient (Wildman–Crippen LogP) is 2.73. The van der Waals surface area contributed by atoms with Gasteiger partial charge in [0.1, 0.15) is 0 Å². The van der Waals surface area contributed by atoms with Gasteiger partial charge in [0.25, 0.3) is 0 Å². The summed E-state index contributed by atoms with van der Waals surface area (Å²) in [6, 6.07) is 4.14. The molecule has 2 aromatic heterocycles. The number of rotatable bonds is 4. The molecule has 1 saturated heterocycles. The Morgan fingerprint density at radius 3 is 2.70 bits per heavy atom. The van der Waals surface area contributed by atoms with Gasteiger partial charge in [0, 0.05) is 43.7 Å². The van der Waals surface area contributed by atoms with E-state index in [4.69, 9.17) is 0 Å². The van der Waals surface area contributed by atoms with Crippen molar-refractivity contribution in [2.75, 3.05) is 6.54 Å². The molecule has 0 saturated carbocycles. The molecular formula is C18H24N4O. The molecule has 3 rings (SSSR count). The second-order valence-electron chi connectivity index (χ2n) is 6.31. The molecule has 1 fully saturated rings. The molecule has 122 valence electrons. The fourth-order valence-electron chi connectivity index (χ4n) is 3.58. The van der Waals surface area contributed by atoms with Crippen LogP contribution in [0.5, 0.6) is 0 Å². The lowest BCUT2D eigenvalue weighted by Crippen LogP contribution is -2.31. The van der Waals surface area contributed by atoms with Crippen molar-refractivity contribution >= 4 is 5.91 Å². The van der Waals surface area contributed by atoms with Crippen LogP contribution in [0.3, 0.4) is 0 Å². The summed E-state index contributed by atoms with van der Waals surface area (Å²) in [7, 11) is 1.97. The van der Waals surface area contributed by atoms with E-state index in [0.29, 0.717) is 6.42 Å². The van der Waals surface area contributed by atoms with Crippen molar-refractivity contribution in [3.8, 4) is 0 Å². The maximum Gasteiger partial charge on any atom is 0.223 e. The van der Waals surface area contributed by atoms with E-state index in [0.717, 1.165) is 37.1 Å². The summed E-state index contributed by atoms with van der Waals surface area (Å²) in [6.45, 7) is 4.99. The highest BCUT2D eigenvalue weighted by Crippen LogP contribution is 2.35. The normalized spacial score (nSPS) is 17.7. The van der Waals surface area contributed by atoms with Crippen LogP contribution in [0, 0.1) is 13.8 Å². The highest BCUT2D eigenvalue weighted by molar-refractivity contribution is 5.77. The van der Waals surface area contributed by atoms with Crippen LogP contribution >= 0.6 is 0 Å². The molecule has 0 spiro atoms. The van der Waals surface area contributed by atoms with Crippen LogP contribution in [0.15, 0.2) is 24.5 Å². The van der Waals surface area contributed by atoms with E-state index in [-0.39, 0.29) is 11.9 Å². The average molecular weight is 312 g/mol. The summed E-state index contributed by atoms with van der Waals surface area (Å²) in [4.78, 5) is 18.8. The Labute approximate surface area is 137 Å². The van der Waals surface area contributed by atoms with E-state index in [1.807, 2.05) is 30.8 Å². The smallest absolute Gasteiger partial charge is 0.223 e. The van der Waals surface area contributed by atoms with Crippen LogP contribution in [0.1, 0.15) is 47.8 Å². The van der Waals surface area contributed by atoms with Gasteiger partial charge in [-0.25, -0.2) is 0 Å². The van der Waals surface area contributed by atoms with Crippen LogP contribution in [0.25, 0.3) is 0 Å². The summed E-state index contributed by atoms with van der Waals surface area (Å²) < 4.78 is 1.92. The first kappa shape index (κ1) is 15.7. The van der Waals surface area contributed by atoms with Gasteiger partial charge in [0.05, 0.1) is 11.7 Å². The number of likely N-dealkylation sites (tertiary alicyclic amines) is 1. The van der Waals surface area contributed by atoms with E-state index < -0.39 is 0 Å². The summed E-state index contributed by atoms with van der Waals surface area (Å²) in [6.07, 6.45) is 6.99. The highest BCUT2D eigenvalue weighted by atomic mass is 16.2. The number of carbonyl (C=O) groups is 1. The molecule has 1 aliphatic heterocycles. The van der Waals surface area contributed by atoms with Gasteiger partial charge in [-0.05, 0) is 50.8 Å². The van der Waals surface area contributed by atoms with Crippen molar-refractivity contribution in [3.05, 3.63) is 47.0 Å². The molecule has 0 bridgehead atoms. The molecule has 1 unspecified atom stereocenters. The van der Waals surface area contributed by atoms with Crippen molar-refractivity contribution in [3.63, 3.8) is 0 Å². The fraction of sp³-hybridized carbons (Fsp3) is 0.500. The van der Waals surface area contributed by atoms with Gasteiger partial charge in [-0.1, -0.05) is 0 Å². The number of aryl methyl sites for hydroxylation is 3. The third-order valence-corrected chi connectivity index (χ3v) is 4.85. The molecule has 0 radical (unpaired) electrons. The molecule has 5 heteroatoms. The van der Waals surface area contributed by atoms with Gasteiger partial charge in [-0.3, -0.25) is 14.5 Å². The van der Waals surface area contributed by atoms with Crippen molar-refractivity contribution < 1.29 is 4.79 Å². The number of hydrogen-bond acceptors (Lipinski definition) is 3. The first-order valence-electron chi connectivity index (χ1n) is 8.26. The maximum atomic E-state index is 12.7. The third kappa shape index (κ3) is 3.14. The summed E-state index contributed by atoms with van der Waals surface area (Å²) in [5.41, 5.74) is 4.62. The average Bonchev–Trinajstić information content (AvgIpc) is 3.11. The highest BCUT2D eigenvalue weighted by Gasteiger charge is 2.33. The third-order valence-electron chi connectivity index (χ3n) is 4.85. The van der Waals surface area contributed by atoms with E-state index in [1.165, 1.54) is 11.3 Å². The Bertz CT molecular complexity index is 693. The summed E-state index contributed by atoms with van der Waals surface area (Å²) in [5, 5.41) is 4.51. The van der Waals surface area contributed by atoms with Gasteiger partial charge in [0.2, 0.25) is 5.91 Å². The van der Waals surface area contributed by atoms with Gasteiger partial charge < -0.3 is 4.90 Å². The summed E-state index contributed by atoms with van der Waals surface area (Å²) in [5.74, 6) is 0.243. The van der Waals surface area contributed by atoms with Crippen LogP contribution < -0.4 is 0 Å². The largest absolute Gasteiger partial charge is 0.336 e. The van der Waals surface area contributed by atoms with E-state index in [1.54, 1.807) is 12.4 Å². The zero-order valence-corrected chi connectivity index (χ0v) is 14.1. The topological polar surface area (TPSA) is 51.0 Å². The maximum absolute atomic E-state index is 12.7. The van der Waals surface area contributed by atoms with Crippen molar-refractivity contribution in [1.82, 2.24) is 19.7 Å². The second-order valence-corrected chi connectivity index (χ2v) is 6.31. The number of nitrogens with zero attached hydrogens (tertiary/aromatic N) is 4. The molecular weight excluding hydrogens is 288 g/mol. The zero-order chi connectivity index (χ0) is 16.4. The van der Waals surface area contributed by atoms with E-state index in [2.05, 4.69) is 21.9 Å². The Morgan fingerprint density at radius 2 is 2.04 bits per heavy atom. The van der Waals surface area contributed by atoms with Crippen LogP contribution in [0.4, 0.5) is 0 Å². The molecule has 1 atom stereocenters. The quantitative estimate of drug-likeness (QED) is 0.872. The fourth-order valence-corrected chi connectivity index (χ4v) is 3.58. The summed E-state index contributed by atoms with van der Waals surface area (Å²) >= 11 is 0. The Hall–Kier alpha value is -2.17. The van der Waals surface area contributed by atoms with Crippen molar-refractivity contribution in [1.29, 1.82) is 0 Å². The minimum Gasteiger partial charge on any atom is -0.336 e. The van der Waals surface area contributed by atoms with Gasteiger partial charge >= 0.3 is 0 Å². The monoisotopic (exact) mass is 312 g/mol.